The molecule has 1 aliphatic carbocycles. The fourth-order valence-electron chi connectivity index (χ4n) is 2.81. The lowest BCUT2D eigenvalue weighted by Crippen LogP contribution is -2.37. The van der Waals surface area contributed by atoms with E-state index in [1.165, 1.54) is 0 Å². The Morgan fingerprint density at radius 3 is 2.71 bits per heavy atom. The lowest BCUT2D eigenvalue weighted by atomic mass is 10.1. The van der Waals surface area contributed by atoms with Gasteiger partial charge in [0.15, 0.2) is 0 Å². The van der Waals surface area contributed by atoms with Crippen LogP contribution >= 0.6 is 0 Å². The Hall–Kier alpha value is -1.99. The zero-order valence-corrected chi connectivity index (χ0v) is 14.5. The number of rotatable bonds is 6. The summed E-state index contributed by atoms with van der Waals surface area (Å²) in [6.45, 7) is 3.47. The maximum atomic E-state index is 13.1. The largest absolute Gasteiger partial charge is 0.480 e. The van der Waals surface area contributed by atoms with Crippen LogP contribution in [0.4, 0.5) is 0 Å². The van der Waals surface area contributed by atoms with Gasteiger partial charge in [0.05, 0.1) is 10.4 Å². The van der Waals surface area contributed by atoms with Crippen molar-refractivity contribution in [2.75, 3.05) is 13.1 Å². The molecule has 3 rings (SSSR count). The second kappa shape index (κ2) is 6.14. The Morgan fingerprint density at radius 2 is 2.08 bits per heavy atom. The van der Waals surface area contributed by atoms with E-state index in [0.717, 1.165) is 28.3 Å². The van der Waals surface area contributed by atoms with Crippen molar-refractivity contribution in [3.8, 4) is 0 Å². The molecule has 1 saturated carbocycles. The highest BCUT2D eigenvalue weighted by Gasteiger charge is 2.34. The summed E-state index contributed by atoms with van der Waals surface area (Å²) in [6, 6.07) is 5.03. The van der Waals surface area contributed by atoms with Gasteiger partial charge in [-0.1, -0.05) is 0 Å². The number of fused-ring (bicyclic) bond motifs is 1. The number of carboxylic acids is 1. The molecule has 1 heterocycles. The first-order valence-corrected chi connectivity index (χ1v) is 9.31. The third-order valence-corrected chi connectivity index (χ3v) is 6.31. The summed E-state index contributed by atoms with van der Waals surface area (Å²) in [5, 5.41) is 9.66. The van der Waals surface area contributed by atoms with Crippen molar-refractivity contribution in [2.24, 2.45) is 5.92 Å². The molecule has 0 unspecified atom stereocenters. The van der Waals surface area contributed by atoms with Crippen LogP contribution in [0.15, 0.2) is 29.3 Å². The van der Waals surface area contributed by atoms with Gasteiger partial charge >= 0.3 is 5.97 Å². The molecule has 1 aromatic carbocycles. The summed E-state index contributed by atoms with van der Waals surface area (Å²) < 4.78 is 27.4. The third kappa shape index (κ3) is 3.14. The number of nitrogens with zero attached hydrogens (tertiary/aromatic N) is 2. The average molecular weight is 348 g/mol. The SMILES string of the molecule is Cc1cc(S(=O)(=O)N(CC(=O)O)CC2CC2)c2cccnc2c1C. The Labute approximate surface area is 141 Å². The highest BCUT2D eigenvalue weighted by atomic mass is 32.2. The van der Waals surface area contributed by atoms with Gasteiger partial charge in [-0.15, -0.1) is 0 Å². The molecule has 1 aliphatic rings. The van der Waals surface area contributed by atoms with Crippen LogP contribution in [-0.2, 0) is 14.8 Å². The summed E-state index contributed by atoms with van der Waals surface area (Å²) in [4.78, 5) is 15.6. The number of benzene rings is 1. The molecule has 0 amide bonds. The predicted octanol–water partition coefficient (Wildman–Crippen LogP) is 2.34. The molecule has 0 radical (unpaired) electrons. The van der Waals surface area contributed by atoms with E-state index in [2.05, 4.69) is 4.98 Å². The zero-order chi connectivity index (χ0) is 17.5. The van der Waals surface area contributed by atoms with E-state index in [-0.39, 0.29) is 17.4 Å². The highest BCUT2D eigenvalue weighted by molar-refractivity contribution is 7.89. The van der Waals surface area contributed by atoms with Crippen LogP contribution in [-0.4, -0.2) is 41.9 Å². The predicted molar refractivity (Wildman–Crippen MR) is 90.3 cm³/mol. The highest BCUT2D eigenvalue weighted by Crippen LogP contribution is 2.34. The maximum absolute atomic E-state index is 13.1. The molecule has 7 heteroatoms. The number of sulfonamides is 1. The molecule has 2 aromatic rings. The minimum absolute atomic E-state index is 0.135. The minimum Gasteiger partial charge on any atom is -0.480 e. The van der Waals surface area contributed by atoms with Crippen molar-refractivity contribution < 1.29 is 18.3 Å². The van der Waals surface area contributed by atoms with Crippen molar-refractivity contribution in [2.45, 2.75) is 31.6 Å². The minimum atomic E-state index is -3.90. The first-order valence-electron chi connectivity index (χ1n) is 7.87. The summed E-state index contributed by atoms with van der Waals surface area (Å²) in [6.07, 6.45) is 3.52. The second-order valence-corrected chi connectivity index (χ2v) is 8.26. The lowest BCUT2D eigenvalue weighted by molar-refractivity contribution is -0.137. The van der Waals surface area contributed by atoms with Crippen molar-refractivity contribution in [1.29, 1.82) is 0 Å². The number of aromatic nitrogens is 1. The molecular formula is C17H20N2O4S. The molecule has 1 N–H and O–H groups in total. The summed E-state index contributed by atoms with van der Waals surface area (Å²) in [5.74, 6) is -0.888. The van der Waals surface area contributed by atoms with Gasteiger partial charge in [-0.05, 0) is 61.9 Å². The van der Waals surface area contributed by atoms with Gasteiger partial charge in [-0.2, -0.15) is 4.31 Å². The third-order valence-electron chi connectivity index (χ3n) is 4.46. The smallest absolute Gasteiger partial charge is 0.318 e. The fourth-order valence-corrected chi connectivity index (χ4v) is 4.55. The molecule has 24 heavy (non-hydrogen) atoms. The number of carbonyl (C=O) groups is 1. The second-order valence-electron chi connectivity index (χ2n) is 6.35. The van der Waals surface area contributed by atoms with Gasteiger partial charge in [0.2, 0.25) is 10.0 Å². The number of aryl methyl sites for hydroxylation is 2. The quantitative estimate of drug-likeness (QED) is 0.866. The number of hydrogen-bond donors (Lipinski definition) is 1. The van der Waals surface area contributed by atoms with E-state index in [9.17, 15) is 13.2 Å². The van der Waals surface area contributed by atoms with Crippen molar-refractivity contribution in [3.63, 3.8) is 0 Å². The summed E-state index contributed by atoms with van der Waals surface area (Å²) >= 11 is 0. The van der Waals surface area contributed by atoms with E-state index in [0.29, 0.717) is 10.9 Å². The normalized spacial score (nSPS) is 15.1. The van der Waals surface area contributed by atoms with E-state index >= 15 is 0 Å². The topological polar surface area (TPSA) is 87.6 Å². The Balaban J connectivity index is 2.15. The van der Waals surface area contributed by atoms with Gasteiger partial charge in [0.1, 0.15) is 6.54 Å². The molecular weight excluding hydrogens is 328 g/mol. The van der Waals surface area contributed by atoms with Gasteiger partial charge in [0.25, 0.3) is 0 Å². The summed E-state index contributed by atoms with van der Waals surface area (Å²) in [5.41, 5.74) is 2.38. The molecule has 1 aromatic heterocycles. The van der Waals surface area contributed by atoms with Crippen LogP contribution in [0, 0.1) is 19.8 Å². The Kier molecular flexibility index (Phi) is 4.31. The van der Waals surface area contributed by atoms with Crippen molar-refractivity contribution in [3.05, 3.63) is 35.5 Å². The number of carboxylic acid groups (broad SMARTS) is 1. The molecule has 0 saturated heterocycles. The Bertz CT molecular complexity index is 904. The molecule has 1 fully saturated rings. The van der Waals surface area contributed by atoms with Crippen LogP contribution in [0.2, 0.25) is 0 Å². The zero-order valence-electron chi connectivity index (χ0n) is 13.7. The van der Waals surface area contributed by atoms with Crippen LogP contribution in [0.1, 0.15) is 24.0 Å². The van der Waals surface area contributed by atoms with Gasteiger partial charge in [-0.25, -0.2) is 8.42 Å². The average Bonchev–Trinajstić information content (AvgIpc) is 3.34. The van der Waals surface area contributed by atoms with E-state index in [1.807, 2.05) is 13.8 Å². The van der Waals surface area contributed by atoms with Crippen molar-refractivity contribution >= 4 is 26.9 Å². The van der Waals surface area contributed by atoms with Gasteiger partial charge < -0.3 is 5.11 Å². The molecule has 6 nitrogen and oxygen atoms in total. The summed E-state index contributed by atoms with van der Waals surface area (Å²) in [7, 11) is -3.90. The van der Waals surface area contributed by atoms with Crippen LogP contribution in [0.3, 0.4) is 0 Å². The number of pyridine rings is 1. The monoisotopic (exact) mass is 348 g/mol. The molecule has 0 atom stereocenters. The number of aliphatic carboxylic acids is 1. The molecule has 0 bridgehead atoms. The van der Waals surface area contributed by atoms with E-state index in [1.54, 1.807) is 24.4 Å². The van der Waals surface area contributed by atoms with Crippen LogP contribution in [0.5, 0.6) is 0 Å². The first-order chi connectivity index (χ1) is 11.3. The molecule has 128 valence electrons. The number of hydrogen-bond acceptors (Lipinski definition) is 4. The molecule has 0 aliphatic heterocycles. The molecule has 0 spiro atoms. The van der Waals surface area contributed by atoms with Gasteiger partial charge in [-0.3, -0.25) is 9.78 Å². The lowest BCUT2D eigenvalue weighted by Gasteiger charge is -2.22. The maximum Gasteiger partial charge on any atom is 0.318 e. The van der Waals surface area contributed by atoms with Crippen molar-refractivity contribution in [1.82, 2.24) is 9.29 Å². The first kappa shape index (κ1) is 16.9. The van der Waals surface area contributed by atoms with Gasteiger partial charge in [0, 0.05) is 18.1 Å². The van der Waals surface area contributed by atoms with Crippen LogP contribution < -0.4 is 0 Å². The van der Waals surface area contributed by atoms with E-state index < -0.39 is 22.5 Å². The Morgan fingerprint density at radius 1 is 1.38 bits per heavy atom. The van der Waals surface area contributed by atoms with Crippen LogP contribution in [0.25, 0.3) is 10.9 Å². The van der Waals surface area contributed by atoms with E-state index in [4.69, 9.17) is 5.11 Å². The standard InChI is InChI=1S/C17H20N2O4S/c1-11-8-15(14-4-3-7-18-17(14)12(11)2)24(22,23)19(10-16(20)21)9-13-5-6-13/h3-4,7-8,13H,5-6,9-10H2,1-2H3,(H,20,21). The fraction of sp³-hybridized carbons (Fsp3) is 0.412.